The van der Waals surface area contributed by atoms with Crippen LogP contribution >= 0.6 is 0 Å². The summed E-state index contributed by atoms with van der Waals surface area (Å²) in [6, 6.07) is 0.403. The van der Waals surface area contributed by atoms with Crippen molar-refractivity contribution in [2.45, 2.75) is 57.4 Å². The van der Waals surface area contributed by atoms with Crippen molar-refractivity contribution in [3.05, 3.63) is 11.9 Å². The lowest BCUT2D eigenvalue weighted by atomic mass is 9.85. The van der Waals surface area contributed by atoms with E-state index in [2.05, 4.69) is 15.6 Å². The average molecular weight is 276 g/mol. The van der Waals surface area contributed by atoms with Gasteiger partial charge in [-0.3, -0.25) is 4.79 Å². The molecule has 1 N–H and O–H groups in total. The molecule has 0 bridgehead atoms. The molecular weight excluding hydrogens is 252 g/mol. The molecule has 2 heterocycles. The van der Waals surface area contributed by atoms with Gasteiger partial charge in [-0.15, -0.1) is 5.10 Å². The van der Waals surface area contributed by atoms with Gasteiger partial charge in [0.2, 0.25) is 0 Å². The van der Waals surface area contributed by atoms with Gasteiger partial charge in [-0.2, -0.15) is 0 Å². The number of rotatable bonds is 4. The molecule has 1 saturated heterocycles. The minimum Gasteiger partial charge on any atom is -0.317 e. The van der Waals surface area contributed by atoms with Crippen molar-refractivity contribution in [1.29, 1.82) is 0 Å². The van der Waals surface area contributed by atoms with Crippen LogP contribution in [0.4, 0.5) is 0 Å². The van der Waals surface area contributed by atoms with E-state index in [1.165, 1.54) is 32.1 Å². The van der Waals surface area contributed by atoms with Crippen LogP contribution in [-0.2, 0) is 0 Å². The molecule has 0 radical (unpaired) electrons. The largest absolute Gasteiger partial charge is 0.317 e. The first kappa shape index (κ1) is 13.7. The Labute approximate surface area is 120 Å². The molecule has 0 atom stereocenters. The van der Waals surface area contributed by atoms with Gasteiger partial charge in [-0.05, 0) is 31.8 Å². The van der Waals surface area contributed by atoms with Crippen LogP contribution in [0, 0.1) is 5.92 Å². The summed E-state index contributed by atoms with van der Waals surface area (Å²) in [5, 5.41) is 11.6. The van der Waals surface area contributed by atoms with E-state index in [1.54, 1.807) is 0 Å². The first-order valence-electron chi connectivity index (χ1n) is 7.98. The van der Waals surface area contributed by atoms with E-state index in [-0.39, 0.29) is 5.78 Å². The number of nitrogens with one attached hydrogen (secondary N) is 1. The van der Waals surface area contributed by atoms with Gasteiger partial charge in [-0.25, -0.2) is 4.68 Å². The van der Waals surface area contributed by atoms with Crippen molar-refractivity contribution in [2.24, 2.45) is 5.92 Å². The fraction of sp³-hybridized carbons (Fsp3) is 0.800. The highest BCUT2D eigenvalue weighted by Crippen LogP contribution is 2.27. The van der Waals surface area contributed by atoms with Gasteiger partial charge >= 0.3 is 0 Å². The van der Waals surface area contributed by atoms with Crippen LogP contribution < -0.4 is 5.32 Å². The quantitative estimate of drug-likeness (QED) is 0.858. The van der Waals surface area contributed by atoms with E-state index in [1.807, 2.05) is 10.9 Å². The predicted molar refractivity (Wildman–Crippen MR) is 76.7 cm³/mol. The van der Waals surface area contributed by atoms with E-state index in [4.69, 9.17) is 0 Å². The van der Waals surface area contributed by atoms with Crippen LogP contribution in [0.25, 0.3) is 0 Å². The van der Waals surface area contributed by atoms with Crippen LogP contribution in [0.2, 0.25) is 0 Å². The number of hydrogen-bond donors (Lipinski definition) is 1. The first-order valence-corrected chi connectivity index (χ1v) is 7.98. The van der Waals surface area contributed by atoms with Crippen LogP contribution in [0.15, 0.2) is 6.20 Å². The molecule has 110 valence electrons. The molecule has 2 aliphatic rings. The maximum absolute atomic E-state index is 12.3. The van der Waals surface area contributed by atoms with E-state index in [0.717, 1.165) is 25.9 Å². The summed E-state index contributed by atoms with van der Waals surface area (Å²) < 4.78 is 1.90. The molecule has 20 heavy (non-hydrogen) atoms. The molecule has 3 rings (SSSR count). The summed E-state index contributed by atoms with van der Waals surface area (Å²) in [4.78, 5) is 12.3. The number of carbonyl (C=O) groups excluding carboxylic acids is 1. The molecule has 5 heteroatoms. The molecular formula is C15H24N4O. The van der Waals surface area contributed by atoms with Gasteiger partial charge < -0.3 is 5.32 Å². The number of aromatic nitrogens is 3. The first-order chi connectivity index (χ1) is 9.83. The van der Waals surface area contributed by atoms with E-state index < -0.39 is 0 Å². The maximum atomic E-state index is 12.3. The SMILES string of the molecule is O=C(CC1CCCCC1)c1cn(C2CCNCC2)nn1. The minimum atomic E-state index is 0.178. The van der Waals surface area contributed by atoms with Gasteiger partial charge in [0.05, 0.1) is 12.2 Å². The second-order valence-corrected chi connectivity index (χ2v) is 6.20. The molecule has 0 unspecified atom stereocenters. The van der Waals surface area contributed by atoms with E-state index in [0.29, 0.717) is 24.1 Å². The third-order valence-corrected chi connectivity index (χ3v) is 4.68. The maximum Gasteiger partial charge on any atom is 0.184 e. The summed E-state index contributed by atoms with van der Waals surface area (Å²) in [6.07, 6.45) is 10.9. The van der Waals surface area contributed by atoms with Crippen molar-refractivity contribution in [3.8, 4) is 0 Å². The Balaban J connectivity index is 1.58. The fourth-order valence-electron chi connectivity index (χ4n) is 3.41. The normalized spacial score (nSPS) is 22.0. The Kier molecular flexibility index (Phi) is 4.45. The monoisotopic (exact) mass is 276 g/mol. The Morgan fingerprint density at radius 1 is 1.20 bits per heavy atom. The highest BCUT2D eigenvalue weighted by molar-refractivity contribution is 5.93. The van der Waals surface area contributed by atoms with E-state index in [9.17, 15) is 4.79 Å². The Morgan fingerprint density at radius 3 is 2.70 bits per heavy atom. The minimum absolute atomic E-state index is 0.178. The predicted octanol–water partition coefficient (Wildman–Crippen LogP) is 2.36. The van der Waals surface area contributed by atoms with Crippen LogP contribution in [0.5, 0.6) is 0 Å². The standard InChI is InChI=1S/C15H24N4O/c20-15(10-12-4-2-1-3-5-12)14-11-19(18-17-14)13-6-8-16-9-7-13/h11-13,16H,1-10H2. The van der Waals surface area contributed by atoms with Gasteiger partial charge in [0, 0.05) is 6.42 Å². The summed E-state index contributed by atoms with van der Waals surface area (Å²) >= 11 is 0. The third-order valence-electron chi connectivity index (χ3n) is 4.68. The summed E-state index contributed by atoms with van der Waals surface area (Å²) in [6.45, 7) is 2.05. The smallest absolute Gasteiger partial charge is 0.184 e. The lowest BCUT2D eigenvalue weighted by Crippen LogP contribution is -2.29. The van der Waals surface area contributed by atoms with Crippen molar-refractivity contribution in [3.63, 3.8) is 0 Å². The summed E-state index contributed by atoms with van der Waals surface area (Å²) in [5.41, 5.74) is 0.564. The lowest BCUT2D eigenvalue weighted by molar-refractivity contribution is 0.0945. The number of nitrogens with zero attached hydrogens (tertiary/aromatic N) is 3. The number of hydrogen-bond acceptors (Lipinski definition) is 4. The van der Waals surface area contributed by atoms with Gasteiger partial charge in [0.15, 0.2) is 5.78 Å². The van der Waals surface area contributed by atoms with Gasteiger partial charge in [0.25, 0.3) is 0 Å². The molecule has 1 saturated carbocycles. The number of piperidine rings is 1. The van der Waals surface area contributed by atoms with Gasteiger partial charge in [-0.1, -0.05) is 37.3 Å². The molecule has 1 aliphatic heterocycles. The third kappa shape index (κ3) is 3.26. The Bertz CT molecular complexity index is 444. The number of Topliss-reactive ketones (excluding diaryl/α,β-unsaturated/α-hetero) is 1. The van der Waals surface area contributed by atoms with Crippen LogP contribution in [-0.4, -0.2) is 33.9 Å². The molecule has 1 aromatic heterocycles. The van der Waals surface area contributed by atoms with Crippen LogP contribution in [0.1, 0.15) is 67.9 Å². The molecule has 1 aliphatic carbocycles. The lowest BCUT2D eigenvalue weighted by Gasteiger charge is -2.22. The van der Waals surface area contributed by atoms with Crippen molar-refractivity contribution < 1.29 is 4.79 Å². The average Bonchev–Trinajstić information content (AvgIpc) is 2.99. The Hall–Kier alpha value is -1.23. The molecule has 1 aromatic rings. The number of carbonyl (C=O) groups is 1. The topological polar surface area (TPSA) is 59.8 Å². The summed E-state index contributed by atoms with van der Waals surface area (Å²) in [7, 11) is 0. The molecule has 0 spiro atoms. The zero-order valence-electron chi connectivity index (χ0n) is 12.1. The van der Waals surface area contributed by atoms with E-state index >= 15 is 0 Å². The summed E-state index contributed by atoms with van der Waals surface area (Å²) in [5.74, 6) is 0.748. The van der Waals surface area contributed by atoms with Gasteiger partial charge in [0.1, 0.15) is 5.69 Å². The zero-order valence-corrected chi connectivity index (χ0v) is 12.1. The second-order valence-electron chi connectivity index (χ2n) is 6.20. The van der Waals surface area contributed by atoms with Crippen molar-refractivity contribution >= 4 is 5.78 Å². The number of ketones is 1. The van der Waals surface area contributed by atoms with Crippen LogP contribution in [0.3, 0.4) is 0 Å². The van der Waals surface area contributed by atoms with Crippen molar-refractivity contribution in [1.82, 2.24) is 20.3 Å². The molecule has 0 aromatic carbocycles. The highest BCUT2D eigenvalue weighted by Gasteiger charge is 2.22. The van der Waals surface area contributed by atoms with Crippen molar-refractivity contribution in [2.75, 3.05) is 13.1 Å². The Morgan fingerprint density at radius 2 is 1.95 bits per heavy atom. The second kappa shape index (κ2) is 6.48. The molecule has 0 amide bonds. The molecule has 2 fully saturated rings. The fourth-order valence-corrected chi connectivity index (χ4v) is 3.41. The zero-order chi connectivity index (χ0) is 13.8. The highest BCUT2D eigenvalue weighted by atomic mass is 16.1. The molecule has 5 nitrogen and oxygen atoms in total.